The van der Waals surface area contributed by atoms with Crippen LogP contribution in [0.1, 0.15) is 47.2 Å². The summed E-state index contributed by atoms with van der Waals surface area (Å²) in [6.07, 6.45) is 9.41. The Bertz CT molecular complexity index is 1090. The van der Waals surface area contributed by atoms with Crippen LogP contribution in [0.4, 0.5) is 0 Å². The van der Waals surface area contributed by atoms with Crippen LogP contribution in [0.2, 0.25) is 0 Å². The number of hydrogen-bond donors (Lipinski definition) is 1. The molecule has 0 spiro atoms. The number of ether oxygens (including phenoxy) is 1. The predicted molar refractivity (Wildman–Crippen MR) is 131 cm³/mol. The number of fused-ring (bicyclic) bond motifs is 3. The molecule has 0 radical (unpaired) electrons. The lowest BCUT2D eigenvalue weighted by atomic mass is 9.97. The summed E-state index contributed by atoms with van der Waals surface area (Å²) in [4.78, 5) is 19.4. The molecule has 1 aliphatic heterocycles. The lowest BCUT2D eigenvalue weighted by Crippen LogP contribution is -2.42. The zero-order chi connectivity index (χ0) is 22.5. The van der Waals surface area contributed by atoms with E-state index in [0.717, 1.165) is 41.1 Å². The number of rotatable bonds is 2. The minimum absolute atomic E-state index is 0.00212. The molecule has 1 saturated carbocycles. The van der Waals surface area contributed by atoms with Crippen LogP contribution >= 0.6 is 0 Å². The summed E-state index contributed by atoms with van der Waals surface area (Å²) in [6.45, 7) is 3.03. The molecule has 2 heterocycles. The summed E-state index contributed by atoms with van der Waals surface area (Å²) in [7, 11) is 0. The molecule has 0 unspecified atom stereocenters. The summed E-state index contributed by atoms with van der Waals surface area (Å²) in [6, 6.07) is 19.0. The first kappa shape index (κ1) is 21.7. The van der Waals surface area contributed by atoms with Crippen molar-refractivity contribution in [2.24, 2.45) is 0 Å². The summed E-state index contributed by atoms with van der Waals surface area (Å²) in [5.41, 5.74) is 5.22. The monoisotopic (exact) mass is 441 g/mol. The third-order valence-corrected chi connectivity index (χ3v) is 6.82. The molecule has 33 heavy (non-hydrogen) atoms. The van der Waals surface area contributed by atoms with Gasteiger partial charge in [-0.3, -0.25) is 14.7 Å². The first-order chi connectivity index (χ1) is 16.3. The van der Waals surface area contributed by atoms with E-state index in [1.807, 2.05) is 42.7 Å². The number of carbonyl (C=O) groups excluding carboxylic acids is 1. The first-order valence-corrected chi connectivity index (χ1v) is 12.0. The third kappa shape index (κ3) is 5.25. The first-order valence-electron chi connectivity index (χ1n) is 12.0. The van der Waals surface area contributed by atoms with Gasteiger partial charge in [0.05, 0.1) is 0 Å². The van der Waals surface area contributed by atoms with Crippen LogP contribution in [0, 0.1) is 0 Å². The summed E-state index contributed by atoms with van der Waals surface area (Å²) in [5.74, 6) is 0.924. The molecule has 0 saturated heterocycles. The molecule has 5 heteroatoms. The maximum atomic E-state index is 12.8. The third-order valence-electron chi connectivity index (χ3n) is 6.82. The molecular weight excluding hydrogens is 410 g/mol. The van der Waals surface area contributed by atoms with Crippen LogP contribution in [0.3, 0.4) is 0 Å². The van der Waals surface area contributed by atoms with Crippen molar-refractivity contribution in [3.05, 3.63) is 83.7 Å². The van der Waals surface area contributed by atoms with Gasteiger partial charge in [-0.2, -0.15) is 0 Å². The van der Waals surface area contributed by atoms with Crippen molar-refractivity contribution in [3.63, 3.8) is 0 Å². The molecule has 5 nitrogen and oxygen atoms in total. The zero-order valence-electron chi connectivity index (χ0n) is 19.0. The highest BCUT2D eigenvalue weighted by Crippen LogP contribution is 2.29. The van der Waals surface area contributed by atoms with Gasteiger partial charge < -0.3 is 10.1 Å². The van der Waals surface area contributed by atoms with Gasteiger partial charge in [-0.25, -0.2) is 0 Å². The van der Waals surface area contributed by atoms with E-state index in [1.54, 1.807) is 0 Å². The van der Waals surface area contributed by atoms with Gasteiger partial charge in [-0.1, -0.05) is 31.0 Å². The molecule has 5 rings (SSSR count). The maximum absolute atomic E-state index is 12.8. The number of nitrogens with one attached hydrogen (secondary N) is 1. The van der Waals surface area contributed by atoms with Crippen LogP contribution in [0.25, 0.3) is 11.1 Å². The van der Waals surface area contributed by atoms with Crippen molar-refractivity contribution in [2.75, 3.05) is 26.2 Å². The smallest absolute Gasteiger partial charge is 0.251 e. The summed E-state index contributed by atoms with van der Waals surface area (Å²) in [5, 5.41) is 3.12. The van der Waals surface area contributed by atoms with E-state index >= 15 is 0 Å². The highest BCUT2D eigenvalue weighted by Gasteiger charge is 2.23. The lowest BCUT2D eigenvalue weighted by molar-refractivity contribution is 0.0940. The molecule has 2 aliphatic rings. The fourth-order valence-corrected chi connectivity index (χ4v) is 5.06. The Hall–Kier alpha value is -3.18. The van der Waals surface area contributed by atoms with Crippen LogP contribution < -0.4 is 10.1 Å². The largest absolute Gasteiger partial charge is 0.492 e. The standard InChI is InChI=1S/C28H31N3O2/c32-28-24-5-3-4-21(18-24)19-25-20-23(22-10-12-29-13-11-22)8-9-27(25)33-17-16-31(15-14-30-28)26-6-1-2-7-26/h3-5,8-13,18,20,26H,1-2,6-7,14-17,19H2,(H,30,32). The van der Waals surface area contributed by atoms with E-state index in [1.165, 1.54) is 25.7 Å². The Morgan fingerprint density at radius 2 is 1.76 bits per heavy atom. The van der Waals surface area contributed by atoms with Crippen LogP contribution in [0.5, 0.6) is 5.75 Å². The van der Waals surface area contributed by atoms with E-state index in [-0.39, 0.29) is 5.91 Å². The average molecular weight is 442 g/mol. The van der Waals surface area contributed by atoms with Gasteiger partial charge in [-0.15, -0.1) is 0 Å². The molecule has 2 aromatic carbocycles. The Balaban J connectivity index is 1.47. The van der Waals surface area contributed by atoms with E-state index in [0.29, 0.717) is 31.2 Å². The normalized spacial score (nSPS) is 18.1. The average Bonchev–Trinajstić information content (AvgIpc) is 3.39. The van der Waals surface area contributed by atoms with E-state index in [2.05, 4.69) is 39.5 Å². The van der Waals surface area contributed by atoms with E-state index < -0.39 is 0 Å². The number of hydrogen-bond acceptors (Lipinski definition) is 4. The number of amides is 1. The van der Waals surface area contributed by atoms with Crippen molar-refractivity contribution in [1.82, 2.24) is 15.2 Å². The predicted octanol–water partition coefficient (Wildman–Crippen LogP) is 4.71. The Morgan fingerprint density at radius 3 is 2.61 bits per heavy atom. The van der Waals surface area contributed by atoms with Gasteiger partial charge in [0.1, 0.15) is 12.4 Å². The number of benzene rings is 2. The quantitative estimate of drug-likeness (QED) is 0.626. The fourth-order valence-electron chi connectivity index (χ4n) is 5.06. The Morgan fingerprint density at radius 1 is 0.909 bits per heavy atom. The highest BCUT2D eigenvalue weighted by atomic mass is 16.5. The molecule has 170 valence electrons. The molecule has 3 aromatic rings. The van der Waals surface area contributed by atoms with E-state index in [4.69, 9.17) is 4.74 Å². The summed E-state index contributed by atoms with van der Waals surface area (Å²) < 4.78 is 6.36. The van der Waals surface area contributed by atoms with Crippen LogP contribution in [-0.4, -0.2) is 48.1 Å². The number of nitrogens with zero attached hydrogens (tertiary/aromatic N) is 2. The SMILES string of the molecule is O=C1NCCN(C2CCCC2)CCOc2ccc(-c3ccncc3)cc2Cc2cccc1c2. The highest BCUT2D eigenvalue weighted by molar-refractivity contribution is 5.94. The summed E-state index contributed by atoms with van der Waals surface area (Å²) >= 11 is 0. The second-order valence-electron chi connectivity index (χ2n) is 9.01. The van der Waals surface area contributed by atoms with Crippen LogP contribution in [-0.2, 0) is 6.42 Å². The molecule has 1 aromatic heterocycles. The van der Waals surface area contributed by atoms with Crippen molar-refractivity contribution in [3.8, 4) is 16.9 Å². The fraction of sp³-hybridized carbons (Fsp3) is 0.357. The molecule has 1 aliphatic carbocycles. The Kier molecular flexibility index (Phi) is 6.68. The zero-order valence-corrected chi connectivity index (χ0v) is 19.0. The van der Waals surface area contributed by atoms with Crippen molar-refractivity contribution >= 4 is 5.91 Å². The minimum Gasteiger partial charge on any atom is -0.492 e. The van der Waals surface area contributed by atoms with Crippen LogP contribution in [0.15, 0.2) is 67.0 Å². The second kappa shape index (κ2) is 10.2. The lowest BCUT2D eigenvalue weighted by Gasteiger charge is -2.29. The molecular formula is C28H31N3O2. The van der Waals surface area contributed by atoms with Gasteiger partial charge >= 0.3 is 0 Å². The van der Waals surface area contributed by atoms with Gasteiger partial charge in [0.2, 0.25) is 0 Å². The number of aromatic nitrogens is 1. The molecule has 1 N–H and O–H groups in total. The molecule has 0 atom stereocenters. The molecule has 2 bridgehead atoms. The number of pyridine rings is 1. The van der Waals surface area contributed by atoms with Gasteiger partial charge in [0, 0.05) is 50.1 Å². The van der Waals surface area contributed by atoms with Crippen molar-refractivity contribution in [1.29, 1.82) is 0 Å². The van der Waals surface area contributed by atoms with Gasteiger partial charge in [0.15, 0.2) is 0 Å². The molecule has 1 fully saturated rings. The Labute approximate surface area is 195 Å². The minimum atomic E-state index is 0.00212. The second-order valence-corrected chi connectivity index (χ2v) is 9.01. The molecule has 1 amide bonds. The van der Waals surface area contributed by atoms with Crippen molar-refractivity contribution in [2.45, 2.75) is 38.1 Å². The topological polar surface area (TPSA) is 54.5 Å². The van der Waals surface area contributed by atoms with E-state index in [9.17, 15) is 4.79 Å². The van der Waals surface area contributed by atoms with Gasteiger partial charge in [0.25, 0.3) is 5.91 Å². The maximum Gasteiger partial charge on any atom is 0.251 e. The van der Waals surface area contributed by atoms with Crippen molar-refractivity contribution < 1.29 is 9.53 Å². The number of carbonyl (C=O) groups is 1. The van der Waals surface area contributed by atoms with Gasteiger partial charge in [-0.05, 0) is 71.5 Å².